The molecule has 178 valence electrons. The van der Waals surface area contributed by atoms with Crippen LogP contribution < -0.4 is 0 Å². The monoisotopic (exact) mass is 469 g/mol. The molecule has 1 fully saturated rings. The fourth-order valence-electron chi connectivity index (χ4n) is 4.52. The lowest BCUT2D eigenvalue weighted by Crippen LogP contribution is -2.47. The molecule has 2 atom stereocenters. The highest BCUT2D eigenvalue weighted by atomic mass is 19.4. The third kappa shape index (κ3) is 5.39. The van der Waals surface area contributed by atoms with Crippen LogP contribution in [0.3, 0.4) is 0 Å². The number of amides is 1. The highest BCUT2D eigenvalue weighted by molar-refractivity contribution is 5.84. The fraction of sp³-hybridized carbons (Fsp3) is 0.400. The Kier molecular flexibility index (Phi) is 6.89. The minimum atomic E-state index is -4.40. The first-order valence-corrected chi connectivity index (χ1v) is 11.1. The first-order chi connectivity index (χ1) is 16.2. The Balaban J connectivity index is 1.34. The summed E-state index contributed by atoms with van der Waals surface area (Å²) in [6, 6.07) is 14.5. The molecule has 0 aromatic heterocycles. The molecule has 2 aliphatic heterocycles. The van der Waals surface area contributed by atoms with Gasteiger partial charge in [-0.2, -0.15) is 18.4 Å². The Morgan fingerprint density at radius 1 is 1.15 bits per heavy atom. The summed E-state index contributed by atoms with van der Waals surface area (Å²) in [5.74, 6) is -0.0579. The Bertz CT molecular complexity index is 1090. The number of halogens is 3. The van der Waals surface area contributed by atoms with Gasteiger partial charge in [0, 0.05) is 26.2 Å². The quantitative estimate of drug-likeness (QED) is 0.623. The maximum Gasteiger partial charge on any atom is 0.416 e. The molecule has 2 heterocycles. The van der Waals surface area contributed by atoms with E-state index in [1.165, 1.54) is 6.07 Å². The maximum atomic E-state index is 13.0. The Hall–Kier alpha value is -3.38. The van der Waals surface area contributed by atoms with E-state index in [2.05, 4.69) is 16.0 Å². The molecule has 0 radical (unpaired) electrons. The summed E-state index contributed by atoms with van der Waals surface area (Å²) in [6.07, 6.45) is -1.94. The van der Waals surface area contributed by atoms with Gasteiger partial charge in [0.05, 0.1) is 42.2 Å². The van der Waals surface area contributed by atoms with Crippen LogP contribution in [-0.2, 0) is 24.1 Å². The number of nitriles is 1. The number of aliphatic imine (C=N–C) groups is 1. The van der Waals surface area contributed by atoms with Gasteiger partial charge in [0.15, 0.2) is 0 Å². The minimum Gasteiger partial charge on any atom is -0.352 e. The zero-order valence-corrected chi connectivity index (χ0v) is 18.9. The summed E-state index contributed by atoms with van der Waals surface area (Å²) in [5, 5.41) is 8.96. The smallest absolute Gasteiger partial charge is 0.352 e. The molecule has 2 aliphatic rings. The van der Waals surface area contributed by atoms with Gasteiger partial charge in [-0.25, -0.2) is 0 Å². The third-order valence-electron chi connectivity index (χ3n) is 6.39. The van der Waals surface area contributed by atoms with Crippen LogP contribution in [0.25, 0.3) is 0 Å². The molecule has 2 aromatic rings. The van der Waals surface area contributed by atoms with Crippen molar-refractivity contribution < 1.29 is 18.0 Å². The van der Waals surface area contributed by atoms with Crippen LogP contribution in [0.5, 0.6) is 0 Å². The number of rotatable bonds is 7. The normalized spacial score (nSPS) is 20.4. The maximum absolute atomic E-state index is 13.0. The van der Waals surface area contributed by atoms with E-state index in [9.17, 15) is 18.0 Å². The highest BCUT2D eigenvalue weighted by Crippen LogP contribution is 2.30. The average molecular weight is 470 g/mol. The van der Waals surface area contributed by atoms with Gasteiger partial charge in [-0.05, 0) is 48.9 Å². The van der Waals surface area contributed by atoms with E-state index in [1.807, 2.05) is 30.4 Å². The topological polar surface area (TPSA) is 62.9 Å². The summed E-state index contributed by atoms with van der Waals surface area (Å²) in [5.41, 5.74) is 1.46. The van der Waals surface area contributed by atoms with Crippen LogP contribution in [0.15, 0.2) is 53.5 Å². The fourth-order valence-corrected chi connectivity index (χ4v) is 4.52. The van der Waals surface area contributed by atoms with E-state index in [-0.39, 0.29) is 24.5 Å². The van der Waals surface area contributed by atoms with Crippen molar-refractivity contribution in [1.29, 1.82) is 5.26 Å². The predicted molar refractivity (Wildman–Crippen MR) is 122 cm³/mol. The van der Waals surface area contributed by atoms with Gasteiger partial charge in [-0.3, -0.25) is 14.7 Å². The van der Waals surface area contributed by atoms with Crippen molar-refractivity contribution in [3.05, 3.63) is 70.8 Å². The summed E-state index contributed by atoms with van der Waals surface area (Å²) < 4.78 is 39.0. The Morgan fingerprint density at radius 2 is 1.91 bits per heavy atom. The summed E-state index contributed by atoms with van der Waals surface area (Å²) in [6.45, 7) is 2.62. The van der Waals surface area contributed by atoms with Crippen molar-refractivity contribution in [2.24, 2.45) is 4.99 Å². The standard InChI is InChI=1S/C25H26F3N5O/c1-31(16-22-13-30-17-33(22)14-19-7-5-18(12-29)6-8-19)23-9-10-32(24(23)34)15-20-3-2-4-21(11-20)25(26,27)28/h2-8,11,17,22-23H,9-10,13-16H2,1H3/t22?,23-/m1/s1. The predicted octanol–water partition coefficient (Wildman–Crippen LogP) is 3.52. The number of carbonyl (C=O) groups is 1. The highest BCUT2D eigenvalue weighted by Gasteiger charge is 2.36. The van der Waals surface area contributed by atoms with Crippen LogP contribution in [0.1, 0.15) is 28.7 Å². The second-order valence-electron chi connectivity index (χ2n) is 8.82. The molecule has 0 bridgehead atoms. The van der Waals surface area contributed by atoms with Crippen molar-refractivity contribution in [3.8, 4) is 6.07 Å². The lowest BCUT2D eigenvalue weighted by molar-refractivity contribution is -0.137. The average Bonchev–Trinajstić information content (AvgIpc) is 3.40. The number of benzene rings is 2. The number of likely N-dealkylation sites (N-methyl/N-ethyl adjacent to an activating group) is 1. The first-order valence-electron chi connectivity index (χ1n) is 11.1. The molecular weight excluding hydrogens is 443 g/mol. The first kappa shape index (κ1) is 23.8. The Labute approximate surface area is 196 Å². The van der Waals surface area contributed by atoms with Crippen LogP contribution in [0.2, 0.25) is 0 Å². The van der Waals surface area contributed by atoms with Gasteiger partial charge in [-0.15, -0.1) is 0 Å². The molecule has 1 unspecified atom stereocenters. The lowest BCUT2D eigenvalue weighted by atomic mass is 10.1. The van der Waals surface area contributed by atoms with E-state index in [1.54, 1.807) is 23.1 Å². The number of nitrogens with zero attached hydrogens (tertiary/aromatic N) is 5. The molecule has 0 spiro atoms. The molecule has 2 aromatic carbocycles. The molecule has 0 N–H and O–H groups in total. The largest absolute Gasteiger partial charge is 0.416 e. The summed E-state index contributed by atoms with van der Waals surface area (Å²) in [4.78, 5) is 23.2. The van der Waals surface area contributed by atoms with Crippen LogP contribution in [0, 0.1) is 11.3 Å². The zero-order valence-electron chi connectivity index (χ0n) is 18.9. The number of alkyl halides is 3. The van der Waals surface area contributed by atoms with E-state index in [0.29, 0.717) is 43.7 Å². The SMILES string of the molecule is CN(CC1CN=CN1Cc1ccc(C#N)cc1)[C@@H]1CCN(Cc2cccc(C(F)(F)F)c2)C1=O. The van der Waals surface area contributed by atoms with Gasteiger partial charge < -0.3 is 9.80 Å². The van der Waals surface area contributed by atoms with Crippen LogP contribution in [-0.4, -0.2) is 65.7 Å². The molecule has 0 aliphatic carbocycles. The molecule has 6 nitrogen and oxygen atoms in total. The number of hydrogen-bond donors (Lipinski definition) is 0. The third-order valence-corrected chi connectivity index (χ3v) is 6.39. The number of carbonyl (C=O) groups excluding carboxylic acids is 1. The molecule has 1 saturated heterocycles. The number of hydrogen-bond acceptors (Lipinski definition) is 5. The molecule has 1 amide bonds. The molecule has 9 heteroatoms. The van der Waals surface area contributed by atoms with Gasteiger partial charge in [0.2, 0.25) is 5.91 Å². The molecule has 34 heavy (non-hydrogen) atoms. The second kappa shape index (κ2) is 9.85. The van der Waals surface area contributed by atoms with E-state index < -0.39 is 11.7 Å². The molecule has 0 saturated carbocycles. The van der Waals surface area contributed by atoms with Gasteiger partial charge in [0.25, 0.3) is 0 Å². The van der Waals surface area contributed by atoms with Gasteiger partial charge in [0.1, 0.15) is 0 Å². The van der Waals surface area contributed by atoms with Crippen molar-refractivity contribution in [3.63, 3.8) is 0 Å². The van der Waals surface area contributed by atoms with Gasteiger partial charge >= 0.3 is 6.18 Å². The summed E-state index contributed by atoms with van der Waals surface area (Å²) >= 11 is 0. The van der Waals surface area contributed by atoms with Crippen molar-refractivity contribution in [2.45, 2.75) is 37.8 Å². The minimum absolute atomic E-state index is 0.0579. The van der Waals surface area contributed by atoms with Crippen molar-refractivity contribution in [2.75, 3.05) is 26.7 Å². The van der Waals surface area contributed by atoms with Gasteiger partial charge in [-0.1, -0.05) is 24.3 Å². The molecular formula is C25H26F3N5O. The second-order valence-corrected chi connectivity index (χ2v) is 8.82. The summed E-state index contributed by atoms with van der Waals surface area (Å²) in [7, 11) is 1.91. The van der Waals surface area contributed by atoms with E-state index in [0.717, 1.165) is 17.7 Å². The van der Waals surface area contributed by atoms with Crippen molar-refractivity contribution in [1.82, 2.24) is 14.7 Å². The van der Waals surface area contributed by atoms with Crippen molar-refractivity contribution >= 4 is 12.2 Å². The lowest BCUT2D eigenvalue weighted by Gasteiger charge is -2.31. The van der Waals surface area contributed by atoms with E-state index >= 15 is 0 Å². The molecule has 4 rings (SSSR count). The zero-order chi connectivity index (χ0) is 24.3. The number of likely N-dealkylation sites (tertiary alicyclic amines) is 1. The Morgan fingerprint density at radius 3 is 2.62 bits per heavy atom. The van der Waals surface area contributed by atoms with E-state index in [4.69, 9.17) is 5.26 Å². The van der Waals surface area contributed by atoms with Crippen LogP contribution in [0.4, 0.5) is 13.2 Å². The van der Waals surface area contributed by atoms with Crippen LogP contribution >= 0.6 is 0 Å².